The van der Waals surface area contributed by atoms with Gasteiger partial charge in [-0.2, -0.15) is 0 Å². The molecule has 2 rings (SSSR count). The van der Waals surface area contributed by atoms with Gasteiger partial charge in [-0.15, -0.1) is 0 Å². The van der Waals surface area contributed by atoms with Crippen LogP contribution in [0.1, 0.15) is 6.42 Å². The number of hydrogen-bond acceptors (Lipinski definition) is 5. The Morgan fingerprint density at radius 2 is 1.89 bits per heavy atom. The highest BCUT2D eigenvalue weighted by molar-refractivity contribution is 5.99. The maximum atomic E-state index is 5.51. The predicted octanol–water partition coefficient (Wildman–Crippen LogP) is 2.01. The van der Waals surface area contributed by atoms with Crippen LogP contribution in [0.15, 0.2) is 24.4 Å². The summed E-state index contributed by atoms with van der Waals surface area (Å²) < 4.78 is 10.8. The summed E-state index contributed by atoms with van der Waals surface area (Å²) in [5.41, 5.74) is 7.28. The fraction of sp³-hybridized carbons (Fsp3) is 0.357. The van der Waals surface area contributed by atoms with Crippen molar-refractivity contribution in [2.45, 2.75) is 6.42 Å². The lowest BCUT2D eigenvalue weighted by molar-refractivity contribution is 0.410. The molecule has 0 aliphatic heterocycles. The number of methoxy groups -OCH3 is 2. The number of nitrogens with zero attached hydrogens (tertiary/aromatic N) is 1. The summed E-state index contributed by atoms with van der Waals surface area (Å²) in [7, 11) is 3.29. The van der Waals surface area contributed by atoms with Crippen LogP contribution in [-0.4, -0.2) is 32.3 Å². The van der Waals surface area contributed by atoms with E-state index in [1.54, 1.807) is 20.4 Å². The summed E-state index contributed by atoms with van der Waals surface area (Å²) in [6.07, 6.45) is 2.67. The number of ether oxygens (including phenoxy) is 2. The van der Waals surface area contributed by atoms with Gasteiger partial charge < -0.3 is 20.5 Å². The standard InChI is InChI=1S/C14H19N3O2/c1-18-11-4-5-12(19-2)14-13(11)10(6-9-17-14)16-8-3-7-15/h4-6,9H,3,7-8,15H2,1-2H3,(H,16,17). The molecule has 2 aromatic rings. The summed E-state index contributed by atoms with van der Waals surface area (Å²) >= 11 is 0. The molecule has 0 saturated carbocycles. The molecule has 0 spiro atoms. The lowest BCUT2D eigenvalue weighted by Crippen LogP contribution is -2.09. The molecule has 0 saturated heterocycles. The SMILES string of the molecule is COc1ccc(OC)c2c(NCCCN)ccnc12. The number of rotatable bonds is 6. The first-order valence-corrected chi connectivity index (χ1v) is 6.25. The Balaban J connectivity index is 2.51. The van der Waals surface area contributed by atoms with Gasteiger partial charge in [0.15, 0.2) is 0 Å². The molecule has 0 unspecified atom stereocenters. The van der Waals surface area contributed by atoms with E-state index >= 15 is 0 Å². The minimum Gasteiger partial charge on any atom is -0.496 e. The van der Waals surface area contributed by atoms with Crippen molar-refractivity contribution in [3.63, 3.8) is 0 Å². The lowest BCUT2D eigenvalue weighted by atomic mass is 10.1. The molecule has 0 fully saturated rings. The first-order chi connectivity index (χ1) is 9.31. The molecule has 1 aromatic heterocycles. The molecule has 0 bridgehead atoms. The molecule has 1 heterocycles. The second-order valence-corrected chi connectivity index (χ2v) is 4.12. The molecule has 0 aliphatic rings. The van der Waals surface area contributed by atoms with Crippen molar-refractivity contribution in [1.82, 2.24) is 4.98 Å². The van der Waals surface area contributed by atoms with Crippen molar-refractivity contribution in [3.05, 3.63) is 24.4 Å². The highest BCUT2D eigenvalue weighted by Gasteiger charge is 2.12. The maximum Gasteiger partial charge on any atom is 0.145 e. The van der Waals surface area contributed by atoms with E-state index in [4.69, 9.17) is 15.2 Å². The van der Waals surface area contributed by atoms with Crippen LogP contribution < -0.4 is 20.5 Å². The van der Waals surface area contributed by atoms with E-state index in [-0.39, 0.29) is 0 Å². The zero-order valence-corrected chi connectivity index (χ0v) is 11.3. The van der Waals surface area contributed by atoms with Crippen molar-refractivity contribution < 1.29 is 9.47 Å². The lowest BCUT2D eigenvalue weighted by Gasteiger charge is -2.14. The predicted molar refractivity (Wildman–Crippen MR) is 77.0 cm³/mol. The highest BCUT2D eigenvalue weighted by Crippen LogP contribution is 2.36. The Labute approximate surface area is 112 Å². The van der Waals surface area contributed by atoms with Crippen molar-refractivity contribution in [2.24, 2.45) is 5.73 Å². The molecule has 3 N–H and O–H groups in total. The minimum absolute atomic E-state index is 0.663. The largest absolute Gasteiger partial charge is 0.496 e. The van der Waals surface area contributed by atoms with Crippen LogP contribution in [0.4, 0.5) is 5.69 Å². The Bertz CT molecular complexity index is 558. The van der Waals surface area contributed by atoms with Crippen molar-refractivity contribution in [2.75, 3.05) is 32.6 Å². The Morgan fingerprint density at radius 3 is 2.58 bits per heavy atom. The van der Waals surface area contributed by atoms with Gasteiger partial charge in [0, 0.05) is 18.4 Å². The van der Waals surface area contributed by atoms with E-state index in [0.717, 1.165) is 41.1 Å². The van der Waals surface area contributed by atoms with Gasteiger partial charge in [-0.25, -0.2) is 0 Å². The quantitative estimate of drug-likeness (QED) is 0.778. The van der Waals surface area contributed by atoms with E-state index in [1.807, 2.05) is 18.2 Å². The van der Waals surface area contributed by atoms with Crippen LogP contribution in [0, 0.1) is 0 Å². The molecule has 0 atom stereocenters. The summed E-state index contributed by atoms with van der Waals surface area (Å²) in [5, 5.41) is 4.29. The summed E-state index contributed by atoms with van der Waals surface area (Å²) in [4.78, 5) is 4.38. The maximum absolute atomic E-state index is 5.51. The number of anilines is 1. The van der Waals surface area contributed by atoms with Crippen molar-refractivity contribution >= 4 is 16.6 Å². The third-order valence-electron chi connectivity index (χ3n) is 2.95. The fourth-order valence-electron chi connectivity index (χ4n) is 2.02. The second kappa shape index (κ2) is 6.24. The average Bonchev–Trinajstić information content (AvgIpc) is 2.46. The third kappa shape index (κ3) is 2.71. The van der Waals surface area contributed by atoms with E-state index in [1.165, 1.54) is 0 Å². The molecule has 1 aromatic carbocycles. The topological polar surface area (TPSA) is 69.4 Å². The van der Waals surface area contributed by atoms with E-state index < -0.39 is 0 Å². The number of hydrogen-bond donors (Lipinski definition) is 2. The number of nitrogens with two attached hydrogens (primary N) is 1. The molecule has 19 heavy (non-hydrogen) atoms. The Morgan fingerprint density at radius 1 is 1.16 bits per heavy atom. The van der Waals surface area contributed by atoms with Gasteiger partial charge in [-0.1, -0.05) is 0 Å². The molecule has 0 radical (unpaired) electrons. The summed E-state index contributed by atoms with van der Waals surface area (Å²) in [6.45, 7) is 1.48. The molecule has 0 aliphatic carbocycles. The molecule has 0 amide bonds. The van der Waals surface area contributed by atoms with Crippen LogP contribution in [0.5, 0.6) is 11.5 Å². The smallest absolute Gasteiger partial charge is 0.145 e. The van der Waals surface area contributed by atoms with Gasteiger partial charge in [0.1, 0.15) is 17.0 Å². The molecule has 5 nitrogen and oxygen atoms in total. The number of aromatic nitrogens is 1. The Kier molecular flexibility index (Phi) is 4.41. The highest BCUT2D eigenvalue weighted by atomic mass is 16.5. The number of benzene rings is 1. The minimum atomic E-state index is 0.663. The molecular weight excluding hydrogens is 242 g/mol. The first-order valence-electron chi connectivity index (χ1n) is 6.25. The molecular formula is C14H19N3O2. The second-order valence-electron chi connectivity index (χ2n) is 4.12. The van der Waals surface area contributed by atoms with Crippen LogP contribution >= 0.6 is 0 Å². The van der Waals surface area contributed by atoms with Crippen LogP contribution in [-0.2, 0) is 0 Å². The van der Waals surface area contributed by atoms with Crippen molar-refractivity contribution in [3.8, 4) is 11.5 Å². The monoisotopic (exact) mass is 261 g/mol. The van der Waals surface area contributed by atoms with Gasteiger partial charge in [-0.3, -0.25) is 4.98 Å². The van der Waals surface area contributed by atoms with E-state index in [0.29, 0.717) is 6.54 Å². The van der Waals surface area contributed by atoms with E-state index in [2.05, 4.69) is 10.3 Å². The Hall–Kier alpha value is -2.01. The van der Waals surface area contributed by atoms with Gasteiger partial charge in [-0.05, 0) is 31.2 Å². The van der Waals surface area contributed by atoms with Gasteiger partial charge in [0.2, 0.25) is 0 Å². The summed E-state index contributed by atoms with van der Waals surface area (Å²) in [6, 6.07) is 5.68. The zero-order chi connectivity index (χ0) is 13.7. The molecule has 5 heteroatoms. The number of fused-ring (bicyclic) bond motifs is 1. The van der Waals surface area contributed by atoms with Gasteiger partial charge in [0.05, 0.1) is 19.6 Å². The average molecular weight is 261 g/mol. The number of nitrogens with one attached hydrogen (secondary N) is 1. The number of pyridine rings is 1. The van der Waals surface area contributed by atoms with Gasteiger partial charge in [0.25, 0.3) is 0 Å². The van der Waals surface area contributed by atoms with Crippen LogP contribution in [0.25, 0.3) is 10.9 Å². The molecule has 102 valence electrons. The normalized spacial score (nSPS) is 10.5. The van der Waals surface area contributed by atoms with Gasteiger partial charge >= 0.3 is 0 Å². The zero-order valence-electron chi connectivity index (χ0n) is 11.3. The van der Waals surface area contributed by atoms with Crippen LogP contribution in [0.3, 0.4) is 0 Å². The van der Waals surface area contributed by atoms with E-state index in [9.17, 15) is 0 Å². The third-order valence-corrected chi connectivity index (χ3v) is 2.95. The first kappa shape index (κ1) is 13.4. The van der Waals surface area contributed by atoms with Crippen molar-refractivity contribution in [1.29, 1.82) is 0 Å². The summed E-state index contributed by atoms with van der Waals surface area (Å²) in [5.74, 6) is 1.51. The van der Waals surface area contributed by atoms with Crippen LogP contribution in [0.2, 0.25) is 0 Å². The fourth-order valence-corrected chi connectivity index (χ4v) is 2.02.